The van der Waals surface area contributed by atoms with Crippen LogP contribution in [0.5, 0.6) is 0 Å². The van der Waals surface area contributed by atoms with E-state index >= 15 is 0 Å². The minimum absolute atomic E-state index is 0.0366. The van der Waals surface area contributed by atoms with E-state index in [1.165, 1.54) is 0 Å². The van der Waals surface area contributed by atoms with Crippen LogP contribution >= 0.6 is 0 Å². The maximum absolute atomic E-state index is 12.4. The van der Waals surface area contributed by atoms with Crippen molar-refractivity contribution in [3.63, 3.8) is 0 Å². The van der Waals surface area contributed by atoms with Gasteiger partial charge in [-0.05, 0) is 12.8 Å². The molecule has 3 amide bonds. The van der Waals surface area contributed by atoms with E-state index in [1.54, 1.807) is 23.6 Å². The van der Waals surface area contributed by atoms with Gasteiger partial charge in [0.1, 0.15) is 0 Å². The summed E-state index contributed by atoms with van der Waals surface area (Å²) in [7, 11) is 0. The number of nitrogens with zero attached hydrogens (tertiary/aromatic N) is 3. The van der Waals surface area contributed by atoms with Gasteiger partial charge in [-0.15, -0.1) is 0 Å². The molecule has 2 fully saturated rings. The summed E-state index contributed by atoms with van der Waals surface area (Å²) in [5, 5.41) is 0. The molecule has 0 aromatic heterocycles. The van der Waals surface area contributed by atoms with E-state index in [2.05, 4.69) is 0 Å². The summed E-state index contributed by atoms with van der Waals surface area (Å²) in [6.07, 6.45) is 1.51. The maximum atomic E-state index is 12.4. The molecular formula is C14H23N3O3. The minimum Gasteiger partial charge on any atom is -0.343 e. The van der Waals surface area contributed by atoms with Crippen LogP contribution in [0.15, 0.2) is 0 Å². The first kappa shape index (κ1) is 14.8. The van der Waals surface area contributed by atoms with Crippen LogP contribution in [-0.2, 0) is 14.4 Å². The van der Waals surface area contributed by atoms with Crippen LogP contribution in [0, 0.1) is 5.92 Å². The maximum Gasteiger partial charge on any atom is 0.225 e. The molecule has 6 nitrogen and oxygen atoms in total. The average Bonchev–Trinajstić information content (AvgIpc) is 2.46. The number of rotatable bonds is 1. The van der Waals surface area contributed by atoms with Crippen LogP contribution in [0.25, 0.3) is 0 Å². The number of hydrogen-bond donors (Lipinski definition) is 0. The topological polar surface area (TPSA) is 60.9 Å². The van der Waals surface area contributed by atoms with E-state index in [0.29, 0.717) is 39.3 Å². The van der Waals surface area contributed by atoms with Crippen LogP contribution in [0.1, 0.15) is 26.7 Å². The predicted molar refractivity (Wildman–Crippen MR) is 73.8 cm³/mol. The molecule has 0 aromatic rings. The molecule has 20 heavy (non-hydrogen) atoms. The van der Waals surface area contributed by atoms with Gasteiger partial charge in [0, 0.05) is 59.0 Å². The molecule has 0 bridgehead atoms. The van der Waals surface area contributed by atoms with Crippen molar-refractivity contribution >= 4 is 17.7 Å². The zero-order valence-electron chi connectivity index (χ0n) is 12.3. The summed E-state index contributed by atoms with van der Waals surface area (Å²) >= 11 is 0. The molecule has 2 aliphatic rings. The van der Waals surface area contributed by atoms with Crippen molar-refractivity contribution in [2.45, 2.75) is 26.7 Å². The summed E-state index contributed by atoms with van der Waals surface area (Å²) in [6, 6.07) is 0. The highest BCUT2D eigenvalue weighted by Crippen LogP contribution is 2.20. The Morgan fingerprint density at radius 3 is 1.55 bits per heavy atom. The van der Waals surface area contributed by atoms with Crippen LogP contribution in [0.2, 0.25) is 0 Å². The van der Waals surface area contributed by atoms with Gasteiger partial charge >= 0.3 is 0 Å². The van der Waals surface area contributed by atoms with E-state index in [1.807, 2.05) is 4.90 Å². The third kappa shape index (κ3) is 3.29. The standard InChI is InChI=1S/C14H23N3O3/c1-11(18)15-5-3-13(4-6-15)14(20)17-9-7-16(8-10-17)12(2)19/h13H,3-10H2,1-2H3. The first-order chi connectivity index (χ1) is 9.49. The van der Waals surface area contributed by atoms with Gasteiger partial charge < -0.3 is 14.7 Å². The summed E-state index contributed by atoms with van der Waals surface area (Å²) in [4.78, 5) is 40.4. The van der Waals surface area contributed by atoms with Gasteiger partial charge in [0.05, 0.1) is 0 Å². The van der Waals surface area contributed by atoms with Crippen molar-refractivity contribution in [2.75, 3.05) is 39.3 Å². The molecule has 0 unspecified atom stereocenters. The van der Waals surface area contributed by atoms with Crippen LogP contribution in [-0.4, -0.2) is 71.7 Å². The average molecular weight is 281 g/mol. The highest BCUT2D eigenvalue weighted by molar-refractivity contribution is 5.80. The van der Waals surface area contributed by atoms with Crippen molar-refractivity contribution in [1.82, 2.24) is 14.7 Å². The molecule has 112 valence electrons. The van der Waals surface area contributed by atoms with E-state index in [4.69, 9.17) is 0 Å². The highest BCUT2D eigenvalue weighted by Gasteiger charge is 2.31. The molecule has 0 aliphatic carbocycles. The monoisotopic (exact) mass is 281 g/mol. The first-order valence-corrected chi connectivity index (χ1v) is 7.29. The molecule has 2 saturated heterocycles. The van der Waals surface area contributed by atoms with E-state index in [-0.39, 0.29) is 23.6 Å². The Kier molecular flexibility index (Phi) is 4.62. The van der Waals surface area contributed by atoms with Crippen LogP contribution in [0.3, 0.4) is 0 Å². The summed E-state index contributed by atoms with van der Waals surface area (Å²) in [5.41, 5.74) is 0. The van der Waals surface area contributed by atoms with Crippen molar-refractivity contribution in [3.05, 3.63) is 0 Å². The number of hydrogen-bond acceptors (Lipinski definition) is 3. The van der Waals surface area contributed by atoms with Gasteiger partial charge in [-0.3, -0.25) is 14.4 Å². The molecule has 0 spiro atoms. The Morgan fingerprint density at radius 1 is 0.700 bits per heavy atom. The lowest BCUT2D eigenvalue weighted by atomic mass is 9.95. The zero-order valence-corrected chi connectivity index (χ0v) is 12.3. The number of piperazine rings is 1. The number of carbonyl (C=O) groups excluding carboxylic acids is 3. The Hall–Kier alpha value is -1.59. The molecule has 0 radical (unpaired) electrons. The second-order valence-electron chi connectivity index (χ2n) is 5.61. The quantitative estimate of drug-likeness (QED) is 0.676. The normalized spacial score (nSPS) is 21.0. The minimum atomic E-state index is 0.0366. The largest absolute Gasteiger partial charge is 0.343 e. The second kappa shape index (κ2) is 6.24. The lowest BCUT2D eigenvalue weighted by Crippen LogP contribution is -2.52. The zero-order chi connectivity index (χ0) is 14.7. The van der Waals surface area contributed by atoms with Gasteiger partial charge in [0.25, 0.3) is 0 Å². The Morgan fingerprint density at radius 2 is 1.10 bits per heavy atom. The molecule has 0 atom stereocenters. The Labute approximate surface area is 119 Å². The molecule has 0 N–H and O–H groups in total. The third-order valence-corrected chi connectivity index (χ3v) is 4.33. The molecule has 0 saturated carbocycles. The second-order valence-corrected chi connectivity index (χ2v) is 5.61. The molecule has 2 aliphatic heterocycles. The SMILES string of the molecule is CC(=O)N1CCC(C(=O)N2CCN(C(C)=O)CC2)CC1. The number of carbonyl (C=O) groups is 3. The van der Waals surface area contributed by atoms with Crippen molar-refractivity contribution in [1.29, 1.82) is 0 Å². The van der Waals surface area contributed by atoms with Gasteiger partial charge in [0.15, 0.2) is 0 Å². The molecule has 0 aromatic carbocycles. The van der Waals surface area contributed by atoms with E-state index < -0.39 is 0 Å². The predicted octanol–water partition coefficient (Wildman–Crippen LogP) is -0.0644. The fourth-order valence-electron chi connectivity index (χ4n) is 2.94. The smallest absolute Gasteiger partial charge is 0.225 e. The third-order valence-electron chi connectivity index (χ3n) is 4.33. The highest BCUT2D eigenvalue weighted by atomic mass is 16.2. The molecular weight excluding hydrogens is 258 g/mol. The van der Waals surface area contributed by atoms with Gasteiger partial charge in [-0.25, -0.2) is 0 Å². The van der Waals surface area contributed by atoms with Crippen LogP contribution < -0.4 is 0 Å². The number of piperidine rings is 1. The molecule has 6 heteroatoms. The summed E-state index contributed by atoms with van der Waals surface area (Å²) in [6.45, 7) is 7.02. The van der Waals surface area contributed by atoms with Gasteiger partial charge in [0.2, 0.25) is 17.7 Å². The molecule has 2 rings (SSSR count). The lowest BCUT2D eigenvalue weighted by Gasteiger charge is -2.38. The fraction of sp³-hybridized carbons (Fsp3) is 0.786. The van der Waals surface area contributed by atoms with Crippen molar-refractivity contribution < 1.29 is 14.4 Å². The number of amides is 3. The fourth-order valence-corrected chi connectivity index (χ4v) is 2.94. The Bertz CT molecular complexity index is 358. The molecule has 2 heterocycles. The first-order valence-electron chi connectivity index (χ1n) is 7.29. The summed E-state index contributed by atoms with van der Waals surface area (Å²) in [5.74, 6) is 0.392. The Balaban J connectivity index is 1.81. The van der Waals surface area contributed by atoms with Crippen LogP contribution in [0.4, 0.5) is 0 Å². The number of likely N-dealkylation sites (tertiary alicyclic amines) is 1. The van der Waals surface area contributed by atoms with Gasteiger partial charge in [-0.2, -0.15) is 0 Å². The van der Waals surface area contributed by atoms with E-state index in [9.17, 15) is 14.4 Å². The lowest BCUT2D eigenvalue weighted by molar-refractivity contribution is -0.143. The van der Waals surface area contributed by atoms with Gasteiger partial charge in [-0.1, -0.05) is 0 Å². The van der Waals surface area contributed by atoms with Crippen molar-refractivity contribution in [2.24, 2.45) is 5.92 Å². The summed E-state index contributed by atoms with van der Waals surface area (Å²) < 4.78 is 0. The van der Waals surface area contributed by atoms with Crippen molar-refractivity contribution in [3.8, 4) is 0 Å². The van der Waals surface area contributed by atoms with E-state index in [0.717, 1.165) is 12.8 Å².